The van der Waals surface area contributed by atoms with E-state index in [4.69, 9.17) is 21.7 Å². The number of benzene rings is 1. The number of anilines is 1. The average molecular weight is 377 g/mol. The fourth-order valence-electron chi connectivity index (χ4n) is 2.94. The highest BCUT2D eigenvalue weighted by molar-refractivity contribution is 7.80. The van der Waals surface area contributed by atoms with Crippen LogP contribution in [0.4, 0.5) is 5.69 Å². The van der Waals surface area contributed by atoms with Crippen molar-refractivity contribution in [2.45, 2.75) is 32.4 Å². The SMILES string of the molecule is COc1cc(C)ccc1NC(=S)N(Cc1cccs1)CC1CCCO1. The molecule has 0 amide bonds. The molecule has 0 saturated carbocycles. The molecule has 25 heavy (non-hydrogen) atoms. The van der Waals surface area contributed by atoms with Gasteiger partial charge in [0.05, 0.1) is 25.4 Å². The van der Waals surface area contributed by atoms with Gasteiger partial charge in [-0.2, -0.15) is 0 Å². The Morgan fingerprint density at radius 3 is 3.00 bits per heavy atom. The summed E-state index contributed by atoms with van der Waals surface area (Å²) in [6.45, 7) is 4.49. The van der Waals surface area contributed by atoms with Gasteiger partial charge in [0.1, 0.15) is 5.75 Å². The predicted octanol–water partition coefficient (Wildman–Crippen LogP) is 4.44. The van der Waals surface area contributed by atoms with Crippen LogP contribution in [-0.2, 0) is 11.3 Å². The lowest BCUT2D eigenvalue weighted by Gasteiger charge is -2.28. The number of hydrogen-bond acceptors (Lipinski definition) is 4. The van der Waals surface area contributed by atoms with Gasteiger partial charge in [0.25, 0.3) is 0 Å². The Kier molecular flexibility index (Phi) is 6.29. The zero-order valence-electron chi connectivity index (χ0n) is 14.7. The first kappa shape index (κ1) is 18.2. The van der Waals surface area contributed by atoms with Gasteiger partial charge in [0, 0.05) is 18.0 Å². The van der Waals surface area contributed by atoms with E-state index in [0.717, 1.165) is 49.5 Å². The van der Waals surface area contributed by atoms with Crippen LogP contribution in [0.1, 0.15) is 23.3 Å². The second kappa shape index (κ2) is 8.65. The normalized spacial score (nSPS) is 16.6. The predicted molar refractivity (Wildman–Crippen MR) is 108 cm³/mol. The molecule has 1 aliphatic rings. The van der Waals surface area contributed by atoms with Crippen molar-refractivity contribution in [3.8, 4) is 5.75 Å². The molecule has 6 heteroatoms. The molecule has 1 aromatic heterocycles. The van der Waals surface area contributed by atoms with Crippen LogP contribution in [0.5, 0.6) is 5.75 Å². The highest BCUT2D eigenvalue weighted by Gasteiger charge is 2.22. The first-order valence-electron chi connectivity index (χ1n) is 8.50. The van der Waals surface area contributed by atoms with Crippen LogP contribution in [0.15, 0.2) is 35.7 Å². The number of rotatable bonds is 6. The fourth-order valence-corrected chi connectivity index (χ4v) is 3.91. The van der Waals surface area contributed by atoms with E-state index in [2.05, 4.69) is 33.8 Å². The first-order chi connectivity index (χ1) is 12.2. The Balaban J connectivity index is 1.73. The van der Waals surface area contributed by atoms with E-state index in [1.54, 1.807) is 18.4 Å². The third kappa shape index (κ3) is 4.93. The van der Waals surface area contributed by atoms with Gasteiger partial charge in [0.15, 0.2) is 5.11 Å². The highest BCUT2D eigenvalue weighted by atomic mass is 32.1. The van der Waals surface area contributed by atoms with E-state index >= 15 is 0 Å². The van der Waals surface area contributed by atoms with Gasteiger partial charge in [-0.25, -0.2) is 0 Å². The number of nitrogens with one attached hydrogen (secondary N) is 1. The highest BCUT2D eigenvalue weighted by Crippen LogP contribution is 2.26. The van der Waals surface area contributed by atoms with Crippen LogP contribution >= 0.6 is 23.6 Å². The topological polar surface area (TPSA) is 33.7 Å². The number of aryl methyl sites for hydroxylation is 1. The van der Waals surface area contributed by atoms with E-state index in [9.17, 15) is 0 Å². The van der Waals surface area contributed by atoms with Gasteiger partial charge in [-0.1, -0.05) is 12.1 Å². The molecule has 1 atom stereocenters. The molecule has 1 N–H and O–H groups in total. The molecule has 1 saturated heterocycles. The summed E-state index contributed by atoms with van der Waals surface area (Å²) in [5, 5.41) is 6.15. The zero-order valence-corrected chi connectivity index (χ0v) is 16.3. The summed E-state index contributed by atoms with van der Waals surface area (Å²) in [6.07, 6.45) is 2.47. The molecule has 1 aliphatic heterocycles. The number of thiocarbonyl (C=S) groups is 1. The number of methoxy groups -OCH3 is 1. The van der Waals surface area contributed by atoms with Crippen molar-refractivity contribution >= 4 is 34.4 Å². The quantitative estimate of drug-likeness (QED) is 0.754. The zero-order chi connectivity index (χ0) is 17.6. The Bertz CT molecular complexity index is 697. The van der Waals surface area contributed by atoms with Crippen LogP contribution in [-0.4, -0.2) is 36.4 Å². The largest absolute Gasteiger partial charge is 0.495 e. The Morgan fingerprint density at radius 2 is 2.32 bits per heavy atom. The first-order valence-corrected chi connectivity index (χ1v) is 9.79. The monoisotopic (exact) mass is 376 g/mol. The van der Waals surface area contributed by atoms with Crippen molar-refractivity contribution in [1.82, 2.24) is 4.90 Å². The third-order valence-corrected chi connectivity index (χ3v) is 5.48. The number of hydrogen-bond donors (Lipinski definition) is 1. The molecule has 2 heterocycles. The van der Waals surface area contributed by atoms with Crippen LogP contribution in [0.2, 0.25) is 0 Å². The van der Waals surface area contributed by atoms with Gasteiger partial charge >= 0.3 is 0 Å². The third-order valence-electron chi connectivity index (χ3n) is 4.26. The van der Waals surface area contributed by atoms with Crippen LogP contribution in [0.3, 0.4) is 0 Å². The lowest BCUT2D eigenvalue weighted by molar-refractivity contribution is 0.0907. The average Bonchev–Trinajstić information content (AvgIpc) is 3.29. The number of nitrogens with zero attached hydrogens (tertiary/aromatic N) is 1. The van der Waals surface area contributed by atoms with Crippen molar-refractivity contribution in [3.05, 3.63) is 46.2 Å². The van der Waals surface area contributed by atoms with Crippen molar-refractivity contribution < 1.29 is 9.47 Å². The van der Waals surface area contributed by atoms with E-state index < -0.39 is 0 Å². The van der Waals surface area contributed by atoms with Crippen LogP contribution in [0, 0.1) is 6.92 Å². The second-order valence-corrected chi connectivity index (χ2v) is 7.65. The summed E-state index contributed by atoms with van der Waals surface area (Å²) >= 11 is 7.46. The summed E-state index contributed by atoms with van der Waals surface area (Å²) in [7, 11) is 1.68. The fraction of sp³-hybridized carbons (Fsp3) is 0.421. The van der Waals surface area contributed by atoms with E-state index in [1.807, 2.05) is 19.1 Å². The summed E-state index contributed by atoms with van der Waals surface area (Å²) in [5.41, 5.74) is 2.05. The maximum absolute atomic E-state index is 5.81. The summed E-state index contributed by atoms with van der Waals surface area (Å²) in [5.74, 6) is 0.801. The van der Waals surface area contributed by atoms with Crippen molar-refractivity contribution in [3.63, 3.8) is 0 Å². The number of thiophene rings is 1. The van der Waals surface area contributed by atoms with Crippen molar-refractivity contribution in [2.24, 2.45) is 0 Å². The lowest BCUT2D eigenvalue weighted by Crippen LogP contribution is -2.39. The molecule has 134 valence electrons. The van der Waals surface area contributed by atoms with Gasteiger partial charge < -0.3 is 19.7 Å². The Hall–Kier alpha value is -1.63. The summed E-state index contributed by atoms with van der Waals surface area (Å²) in [4.78, 5) is 3.48. The molecule has 4 nitrogen and oxygen atoms in total. The number of ether oxygens (including phenoxy) is 2. The maximum atomic E-state index is 5.81. The minimum atomic E-state index is 0.250. The minimum Gasteiger partial charge on any atom is -0.495 e. The molecule has 0 radical (unpaired) electrons. The Labute approximate surface area is 158 Å². The standard InChI is InChI=1S/C19H24N2O2S2/c1-14-7-8-17(18(11-14)22-2)20-19(24)21(12-15-5-3-9-23-15)13-16-6-4-10-25-16/h4,6-8,10-11,15H,3,5,9,12-13H2,1-2H3,(H,20,24). The lowest BCUT2D eigenvalue weighted by atomic mass is 10.2. The molecular formula is C19H24N2O2S2. The Morgan fingerprint density at radius 1 is 1.44 bits per heavy atom. The van der Waals surface area contributed by atoms with Crippen molar-refractivity contribution in [2.75, 3.05) is 25.6 Å². The van der Waals surface area contributed by atoms with E-state index in [-0.39, 0.29) is 6.10 Å². The summed E-state index contributed by atoms with van der Waals surface area (Å²) < 4.78 is 11.3. The van der Waals surface area contributed by atoms with Gasteiger partial charge in [-0.05, 0) is 61.1 Å². The van der Waals surface area contributed by atoms with Crippen molar-refractivity contribution in [1.29, 1.82) is 0 Å². The van der Waals surface area contributed by atoms with E-state index in [1.165, 1.54) is 4.88 Å². The van der Waals surface area contributed by atoms with Gasteiger partial charge in [-0.3, -0.25) is 0 Å². The molecule has 1 fully saturated rings. The minimum absolute atomic E-state index is 0.250. The van der Waals surface area contributed by atoms with Crippen LogP contribution < -0.4 is 10.1 Å². The second-order valence-electron chi connectivity index (χ2n) is 6.23. The smallest absolute Gasteiger partial charge is 0.173 e. The molecule has 1 aromatic carbocycles. The summed E-state index contributed by atoms with van der Waals surface area (Å²) in [6, 6.07) is 10.3. The maximum Gasteiger partial charge on any atom is 0.173 e. The van der Waals surface area contributed by atoms with E-state index in [0.29, 0.717) is 5.11 Å². The molecule has 3 rings (SSSR count). The molecule has 1 unspecified atom stereocenters. The van der Waals surface area contributed by atoms with Crippen LogP contribution in [0.25, 0.3) is 0 Å². The van der Waals surface area contributed by atoms with Gasteiger partial charge in [-0.15, -0.1) is 11.3 Å². The van der Waals surface area contributed by atoms with Gasteiger partial charge in [0.2, 0.25) is 0 Å². The molecular weight excluding hydrogens is 352 g/mol. The molecule has 2 aromatic rings. The molecule has 0 bridgehead atoms. The molecule has 0 spiro atoms. The molecule has 0 aliphatic carbocycles.